The van der Waals surface area contributed by atoms with Crippen molar-refractivity contribution in [3.63, 3.8) is 0 Å². The van der Waals surface area contributed by atoms with E-state index in [0.717, 1.165) is 31.5 Å². The Morgan fingerprint density at radius 2 is 2.12 bits per heavy atom. The first kappa shape index (κ1) is 12.7. The highest BCUT2D eigenvalue weighted by molar-refractivity contribution is 8.15. The Balaban J connectivity index is 2.27. The number of nitrogens with zero attached hydrogens (tertiary/aromatic N) is 1. The lowest BCUT2D eigenvalue weighted by Gasteiger charge is -2.33. The van der Waals surface area contributed by atoms with Gasteiger partial charge >= 0.3 is 0 Å². The molecule has 1 atom stereocenters. The van der Waals surface area contributed by atoms with Crippen LogP contribution in [-0.4, -0.2) is 27.9 Å². The van der Waals surface area contributed by atoms with E-state index in [1.54, 1.807) is 0 Å². The molecule has 2 nitrogen and oxygen atoms in total. The summed E-state index contributed by atoms with van der Waals surface area (Å²) in [6, 6.07) is 0. The van der Waals surface area contributed by atoms with Crippen molar-refractivity contribution in [2.24, 2.45) is 0 Å². The van der Waals surface area contributed by atoms with Crippen molar-refractivity contribution >= 4 is 16.9 Å². The minimum atomic E-state index is -0.0281. The van der Waals surface area contributed by atoms with Crippen LogP contribution >= 0.6 is 11.8 Å². The lowest BCUT2D eigenvalue weighted by atomic mass is 9.96. The van der Waals surface area contributed by atoms with Crippen molar-refractivity contribution in [3.05, 3.63) is 23.9 Å². The fourth-order valence-electron chi connectivity index (χ4n) is 2.88. The standard InChI is InChI=1S/C14H21NOS/c1-4-5-8-14(3)12(11(2)13(16)17-14)15-9-6-7-10-15/h4H,1,5-10H2,2-3H3. The number of rotatable bonds is 4. The van der Waals surface area contributed by atoms with Crippen LogP contribution in [0.1, 0.15) is 39.5 Å². The summed E-state index contributed by atoms with van der Waals surface area (Å²) in [5.74, 6) is 0. The maximum Gasteiger partial charge on any atom is 0.217 e. The van der Waals surface area contributed by atoms with Crippen LogP contribution in [0.4, 0.5) is 0 Å². The lowest BCUT2D eigenvalue weighted by Crippen LogP contribution is -2.32. The number of hydrogen-bond acceptors (Lipinski definition) is 3. The Hall–Kier alpha value is -0.700. The number of carbonyl (C=O) groups is 1. The molecule has 0 aromatic carbocycles. The van der Waals surface area contributed by atoms with E-state index in [1.807, 2.05) is 13.0 Å². The topological polar surface area (TPSA) is 20.3 Å². The molecule has 0 saturated carbocycles. The van der Waals surface area contributed by atoms with Gasteiger partial charge in [-0.05, 0) is 39.5 Å². The molecule has 0 aliphatic carbocycles. The molecule has 0 aromatic rings. The van der Waals surface area contributed by atoms with Crippen molar-refractivity contribution in [2.45, 2.75) is 44.3 Å². The fraction of sp³-hybridized carbons (Fsp3) is 0.643. The second kappa shape index (κ2) is 4.89. The van der Waals surface area contributed by atoms with E-state index >= 15 is 0 Å². The summed E-state index contributed by atoms with van der Waals surface area (Å²) in [6.45, 7) is 10.2. The molecule has 0 bridgehead atoms. The molecule has 1 fully saturated rings. The zero-order chi connectivity index (χ0) is 12.5. The van der Waals surface area contributed by atoms with Crippen molar-refractivity contribution in [1.82, 2.24) is 4.90 Å². The smallest absolute Gasteiger partial charge is 0.217 e. The Morgan fingerprint density at radius 3 is 2.71 bits per heavy atom. The molecule has 3 heteroatoms. The van der Waals surface area contributed by atoms with E-state index in [-0.39, 0.29) is 9.86 Å². The van der Waals surface area contributed by atoms with Gasteiger partial charge in [0.05, 0.1) is 4.75 Å². The molecule has 94 valence electrons. The van der Waals surface area contributed by atoms with Gasteiger partial charge in [-0.2, -0.15) is 0 Å². The van der Waals surface area contributed by atoms with Gasteiger partial charge in [0.15, 0.2) is 0 Å². The van der Waals surface area contributed by atoms with Gasteiger partial charge in [-0.25, -0.2) is 0 Å². The lowest BCUT2D eigenvalue weighted by molar-refractivity contribution is -0.107. The molecule has 0 N–H and O–H groups in total. The Bertz CT molecular complexity index is 368. The molecular formula is C14H21NOS. The second-order valence-electron chi connectivity index (χ2n) is 5.12. The van der Waals surface area contributed by atoms with Crippen molar-refractivity contribution in [2.75, 3.05) is 13.1 Å². The summed E-state index contributed by atoms with van der Waals surface area (Å²) in [5, 5.41) is 0.262. The zero-order valence-electron chi connectivity index (χ0n) is 10.8. The molecule has 0 aromatic heterocycles. The van der Waals surface area contributed by atoms with E-state index in [9.17, 15) is 4.79 Å². The van der Waals surface area contributed by atoms with Gasteiger partial charge in [-0.3, -0.25) is 4.79 Å². The Kier molecular flexibility index (Phi) is 3.67. The zero-order valence-corrected chi connectivity index (χ0v) is 11.6. The molecule has 0 radical (unpaired) electrons. The predicted octanol–water partition coefficient (Wildman–Crippen LogP) is 3.35. The molecule has 2 aliphatic heterocycles. The molecule has 2 aliphatic rings. The first-order valence-electron chi connectivity index (χ1n) is 6.39. The molecule has 0 amide bonds. The maximum atomic E-state index is 12.0. The van der Waals surface area contributed by atoms with Crippen molar-refractivity contribution < 1.29 is 4.79 Å². The van der Waals surface area contributed by atoms with Crippen LogP contribution in [0.15, 0.2) is 23.9 Å². The summed E-state index contributed by atoms with van der Waals surface area (Å²) < 4.78 is -0.0281. The fourth-order valence-corrected chi connectivity index (χ4v) is 4.14. The molecule has 2 rings (SSSR count). The third kappa shape index (κ3) is 2.30. The van der Waals surface area contributed by atoms with E-state index in [1.165, 1.54) is 30.3 Å². The number of thioether (sulfide) groups is 1. The van der Waals surface area contributed by atoms with Gasteiger partial charge in [-0.15, -0.1) is 6.58 Å². The first-order valence-corrected chi connectivity index (χ1v) is 7.20. The van der Waals surface area contributed by atoms with Crippen molar-refractivity contribution in [3.8, 4) is 0 Å². The number of carbonyl (C=O) groups excluding carboxylic acids is 1. The summed E-state index contributed by atoms with van der Waals surface area (Å²) in [4.78, 5) is 14.4. The largest absolute Gasteiger partial charge is 0.373 e. The van der Waals surface area contributed by atoms with Crippen LogP contribution in [0, 0.1) is 0 Å². The molecule has 1 unspecified atom stereocenters. The van der Waals surface area contributed by atoms with E-state index in [0.29, 0.717) is 0 Å². The molecule has 0 spiro atoms. The molecule has 1 saturated heterocycles. The van der Waals surface area contributed by atoms with Crippen LogP contribution in [0.5, 0.6) is 0 Å². The van der Waals surface area contributed by atoms with Gasteiger partial charge in [-0.1, -0.05) is 17.8 Å². The number of likely N-dealkylation sites (tertiary alicyclic amines) is 1. The maximum absolute atomic E-state index is 12.0. The van der Waals surface area contributed by atoms with Gasteiger partial charge in [0.25, 0.3) is 0 Å². The summed E-state index contributed by atoms with van der Waals surface area (Å²) in [7, 11) is 0. The first-order chi connectivity index (χ1) is 8.08. The van der Waals surface area contributed by atoms with Crippen LogP contribution < -0.4 is 0 Å². The number of allylic oxidation sites excluding steroid dienone is 1. The second-order valence-corrected chi connectivity index (χ2v) is 6.59. The van der Waals surface area contributed by atoms with Crippen LogP contribution in [0.2, 0.25) is 0 Å². The van der Waals surface area contributed by atoms with Gasteiger partial charge in [0, 0.05) is 24.4 Å². The number of hydrogen-bond donors (Lipinski definition) is 0. The minimum Gasteiger partial charge on any atom is -0.373 e. The van der Waals surface area contributed by atoms with Gasteiger partial charge in [0.2, 0.25) is 5.12 Å². The summed E-state index contributed by atoms with van der Waals surface area (Å²) in [5.41, 5.74) is 2.27. The van der Waals surface area contributed by atoms with Crippen LogP contribution in [0.25, 0.3) is 0 Å². The van der Waals surface area contributed by atoms with Crippen LogP contribution in [0.3, 0.4) is 0 Å². The van der Waals surface area contributed by atoms with Crippen molar-refractivity contribution in [1.29, 1.82) is 0 Å². The third-order valence-corrected chi connectivity index (χ3v) is 5.07. The average molecular weight is 251 g/mol. The average Bonchev–Trinajstić information content (AvgIpc) is 2.85. The molecular weight excluding hydrogens is 230 g/mol. The SMILES string of the molecule is C=CCCC1(C)SC(=O)C(C)=C1N1CCCC1. The normalized spacial score (nSPS) is 29.3. The summed E-state index contributed by atoms with van der Waals surface area (Å²) in [6.07, 6.45) is 6.45. The van der Waals surface area contributed by atoms with E-state index < -0.39 is 0 Å². The van der Waals surface area contributed by atoms with Crippen LogP contribution in [-0.2, 0) is 4.79 Å². The van der Waals surface area contributed by atoms with Gasteiger partial charge in [0.1, 0.15) is 0 Å². The monoisotopic (exact) mass is 251 g/mol. The summed E-state index contributed by atoms with van der Waals surface area (Å²) >= 11 is 1.51. The van der Waals surface area contributed by atoms with E-state index in [4.69, 9.17) is 0 Å². The Morgan fingerprint density at radius 1 is 1.47 bits per heavy atom. The highest BCUT2D eigenvalue weighted by Gasteiger charge is 2.43. The third-order valence-electron chi connectivity index (χ3n) is 3.73. The molecule has 17 heavy (non-hydrogen) atoms. The Labute approximate surface area is 108 Å². The predicted molar refractivity (Wildman–Crippen MR) is 73.9 cm³/mol. The van der Waals surface area contributed by atoms with Gasteiger partial charge < -0.3 is 4.90 Å². The minimum absolute atomic E-state index is 0.0281. The quantitative estimate of drug-likeness (QED) is 0.715. The highest BCUT2D eigenvalue weighted by atomic mass is 32.2. The molecule has 2 heterocycles. The highest BCUT2D eigenvalue weighted by Crippen LogP contribution is 2.48. The van der Waals surface area contributed by atoms with E-state index in [2.05, 4.69) is 18.4 Å².